The minimum absolute atomic E-state index is 0.0252. The van der Waals surface area contributed by atoms with Crippen LogP contribution < -0.4 is 39.1 Å². The Morgan fingerprint density at radius 1 is 0.652 bits per heavy atom. The standard InChI is InChI=1S/C24H25N7O3.C21H23N7O2.C3H3ClO/c1-2-19(32)30-14-6-4-7-17(30)23-29-20(21(22(25)33)31(23)26)15-9-11-16(12-10-15)24(34)28-18-8-3-5-13-27-18;22-19(29)18-17(27-20(28(18)23)15-5-1-3-11-24-15)13-7-9-14(10-8-13)21(30)26-16-6-2-4-12-25-16;1-2-3(4)5/h2-3,5,8-13,17H,1,4,6-7,14,26H2,(H2,25,33)(H,27,28,34);2,4,6-10,12,15,24H,1,3,5,11,23H2,(H2,22,29)(H,25,26,30);2H,1H2/t17-;15-;/m00./s1. The van der Waals surface area contributed by atoms with Gasteiger partial charge in [-0.3, -0.25) is 28.8 Å². The predicted molar refractivity (Wildman–Crippen MR) is 261 cm³/mol. The number of halogens is 1. The fourth-order valence-corrected chi connectivity index (χ4v) is 7.72. The van der Waals surface area contributed by atoms with Gasteiger partial charge in [-0.25, -0.2) is 29.3 Å². The first-order valence-electron chi connectivity index (χ1n) is 21.7. The van der Waals surface area contributed by atoms with Gasteiger partial charge in [-0.2, -0.15) is 0 Å². The SMILES string of the molecule is C=CC(=O)Cl.C=CC(=O)N1CCCC[C@H]1c1nc(-c2ccc(C(=O)Nc3ccccn3)cc2)c(C(N)=O)n1N.NC(=O)c1c(-c2ccc(C(=O)Nc3ccccn3)cc2)nc([C@@H]2CCCCN2)n1N. The van der Waals surface area contributed by atoms with E-state index in [0.717, 1.165) is 44.7 Å². The third-order valence-corrected chi connectivity index (χ3v) is 11.2. The van der Waals surface area contributed by atoms with E-state index in [4.69, 9.17) is 34.8 Å². The van der Waals surface area contributed by atoms with Crippen molar-refractivity contribution in [2.45, 2.75) is 50.6 Å². The summed E-state index contributed by atoms with van der Waals surface area (Å²) in [5.74, 6) is 12.1. The van der Waals surface area contributed by atoms with Crippen LogP contribution in [0, 0.1) is 0 Å². The van der Waals surface area contributed by atoms with Crippen molar-refractivity contribution in [1.29, 1.82) is 0 Å². The van der Waals surface area contributed by atoms with Crippen LogP contribution in [-0.2, 0) is 9.59 Å². The number of primary amides is 2. The number of allylic oxidation sites excluding steroid dienone is 1. The first kappa shape index (κ1) is 49.9. The number of likely N-dealkylation sites (tertiary alicyclic amines) is 1. The zero-order valence-corrected chi connectivity index (χ0v) is 38.1. The molecule has 8 rings (SSSR count). The quantitative estimate of drug-likeness (QED) is 0.0483. The summed E-state index contributed by atoms with van der Waals surface area (Å²) >= 11 is 4.71. The van der Waals surface area contributed by atoms with Gasteiger partial charge in [0.15, 0.2) is 17.2 Å². The first-order valence-corrected chi connectivity index (χ1v) is 22.1. The highest BCUT2D eigenvalue weighted by Gasteiger charge is 2.33. The number of amides is 5. The van der Waals surface area contributed by atoms with Crippen LogP contribution in [0.4, 0.5) is 11.6 Å². The molecule has 5 amide bonds. The summed E-state index contributed by atoms with van der Waals surface area (Å²) in [6.07, 6.45) is 10.9. The normalized spacial score (nSPS) is 15.2. The van der Waals surface area contributed by atoms with Crippen molar-refractivity contribution in [3.05, 3.63) is 157 Å². The van der Waals surface area contributed by atoms with E-state index in [0.29, 0.717) is 69.9 Å². The summed E-state index contributed by atoms with van der Waals surface area (Å²) in [6, 6.07) is 23.4. The zero-order chi connectivity index (χ0) is 49.6. The van der Waals surface area contributed by atoms with E-state index in [9.17, 15) is 28.8 Å². The van der Waals surface area contributed by atoms with Crippen LogP contribution in [0.5, 0.6) is 0 Å². The molecule has 20 nitrogen and oxygen atoms in total. The number of pyridine rings is 2. The maximum Gasteiger partial charge on any atom is 0.269 e. The molecule has 6 aromatic rings. The summed E-state index contributed by atoms with van der Waals surface area (Å²) in [7, 11) is 0. The summed E-state index contributed by atoms with van der Waals surface area (Å²) in [6.45, 7) is 8.07. The van der Waals surface area contributed by atoms with E-state index in [-0.39, 0.29) is 35.2 Å². The lowest BCUT2D eigenvalue weighted by molar-refractivity contribution is -0.130. The number of nitrogens with zero attached hydrogens (tertiary/aromatic N) is 7. The van der Waals surface area contributed by atoms with Gasteiger partial charge in [-0.05, 0) is 111 Å². The van der Waals surface area contributed by atoms with E-state index in [1.165, 1.54) is 15.4 Å². The number of benzene rings is 2. The van der Waals surface area contributed by atoms with Crippen molar-refractivity contribution < 1.29 is 28.8 Å². The fraction of sp³-hybridized carbons (Fsp3) is 0.208. The predicted octanol–water partition coefficient (Wildman–Crippen LogP) is 5.01. The summed E-state index contributed by atoms with van der Waals surface area (Å²) in [4.78, 5) is 90.2. The van der Waals surface area contributed by atoms with Crippen LogP contribution in [0.25, 0.3) is 22.5 Å². The van der Waals surface area contributed by atoms with Gasteiger partial charge in [0.05, 0.1) is 12.1 Å². The molecule has 0 spiro atoms. The van der Waals surface area contributed by atoms with Gasteiger partial charge in [0.1, 0.15) is 28.8 Å². The average Bonchev–Trinajstić information content (AvgIpc) is 3.91. The molecule has 0 radical (unpaired) electrons. The van der Waals surface area contributed by atoms with Gasteiger partial charge in [0.25, 0.3) is 23.6 Å². The molecule has 21 heteroatoms. The van der Waals surface area contributed by atoms with Gasteiger partial charge < -0.3 is 44.0 Å². The molecule has 2 aliphatic heterocycles. The Bertz CT molecular complexity index is 2830. The third kappa shape index (κ3) is 12.3. The van der Waals surface area contributed by atoms with Gasteiger partial charge in [0, 0.05) is 41.2 Å². The van der Waals surface area contributed by atoms with E-state index in [1.807, 2.05) is 0 Å². The number of hydrogen-bond acceptors (Lipinski definition) is 13. The third-order valence-electron chi connectivity index (χ3n) is 11.0. The highest BCUT2D eigenvalue weighted by Crippen LogP contribution is 2.34. The van der Waals surface area contributed by atoms with Gasteiger partial charge in [-0.15, -0.1) is 0 Å². The molecule has 4 aromatic heterocycles. The van der Waals surface area contributed by atoms with Gasteiger partial charge in [-0.1, -0.05) is 56.0 Å². The van der Waals surface area contributed by atoms with Gasteiger partial charge in [0.2, 0.25) is 11.1 Å². The van der Waals surface area contributed by atoms with Crippen molar-refractivity contribution in [3.8, 4) is 22.5 Å². The van der Waals surface area contributed by atoms with Crippen LogP contribution in [0.3, 0.4) is 0 Å². The van der Waals surface area contributed by atoms with Crippen molar-refractivity contribution in [1.82, 2.24) is 39.5 Å². The summed E-state index contributed by atoms with van der Waals surface area (Å²) in [5.41, 5.74) is 14.1. The smallest absolute Gasteiger partial charge is 0.269 e. The Hall–Kier alpha value is -8.49. The Morgan fingerprint density at radius 2 is 1.13 bits per heavy atom. The number of hydrogen-bond donors (Lipinski definition) is 7. The lowest BCUT2D eigenvalue weighted by Crippen LogP contribution is -2.39. The molecule has 2 saturated heterocycles. The molecule has 2 atom stereocenters. The van der Waals surface area contributed by atoms with E-state index >= 15 is 0 Å². The number of nitrogens with two attached hydrogens (primary N) is 4. The Morgan fingerprint density at radius 3 is 1.55 bits per heavy atom. The lowest BCUT2D eigenvalue weighted by atomic mass is 10.0. The average molecular weight is 955 g/mol. The number of piperidine rings is 2. The molecule has 0 saturated carbocycles. The van der Waals surface area contributed by atoms with Crippen molar-refractivity contribution in [2.24, 2.45) is 11.5 Å². The minimum Gasteiger partial charge on any atom is -0.364 e. The van der Waals surface area contributed by atoms with Crippen molar-refractivity contribution >= 4 is 58.0 Å². The zero-order valence-electron chi connectivity index (χ0n) is 37.4. The summed E-state index contributed by atoms with van der Waals surface area (Å²) in [5, 5.41) is 8.32. The molecule has 2 aromatic carbocycles. The number of imidazole rings is 2. The molecule has 6 heterocycles. The molecular weight excluding hydrogens is 904 g/mol. The topological polar surface area (TPSA) is 307 Å². The second-order valence-corrected chi connectivity index (χ2v) is 15.9. The van der Waals surface area contributed by atoms with Crippen LogP contribution in [0.15, 0.2) is 123 Å². The molecule has 0 bridgehead atoms. The van der Waals surface area contributed by atoms with E-state index < -0.39 is 23.1 Å². The Labute approximate surface area is 401 Å². The number of carbonyl (C=O) groups excluding carboxylic acids is 6. The largest absolute Gasteiger partial charge is 0.364 e. The maximum atomic E-state index is 12.5. The fourth-order valence-electron chi connectivity index (χ4n) is 7.72. The van der Waals surface area contributed by atoms with Crippen molar-refractivity contribution in [2.75, 3.05) is 35.4 Å². The van der Waals surface area contributed by atoms with Crippen LogP contribution in [-0.4, -0.2) is 82.1 Å². The molecule has 0 aliphatic carbocycles. The molecule has 11 N–H and O–H groups in total. The summed E-state index contributed by atoms with van der Waals surface area (Å²) < 4.78 is 2.45. The highest BCUT2D eigenvalue weighted by molar-refractivity contribution is 6.66. The number of nitrogen functional groups attached to an aromatic ring is 2. The maximum absolute atomic E-state index is 12.5. The van der Waals surface area contributed by atoms with Gasteiger partial charge >= 0.3 is 0 Å². The number of carbonyl (C=O) groups is 6. The lowest BCUT2D eigenvalue weighted by Gasteiger charge is -2.34. The molecule has 69 heavy (non-hydrogen) atoms. The molecule has 2 fully saturated rings. The Kier molecular flexibility index (Phi) is 16.9. The van der Waals surface area contributed by atoms with Crippen molar-refractivity contribution in [3.63, 3.8) is 0 Å². The first-order chi connectivity index (χ1) is 33.2. The molecular formula is C48H51ClN14O6. The van der Waals surface area contributed by atoms with Crippen LogP contribution >= 0.6 is 11.6 Å². The van der Waals surface area contributed by atoms with Crippen LogP contribution in [0.1, 0.15) is 104 Å². The molecule has 0 unspecified atom stereocenters. The number of aromatic nitrogens is 6. The second-order valence-electron chi connectivity index (χ2n) is 15.6. The number of nitrogens with one attached hydrogen (secondary N) is 3. The minimum atomic E-state index is -0.745. The number of anilines is 2. The molecule has 2 aliphatic rings. The second kappa shape index (κ2) is 23.3. The van der Waals surface area contributed by atoms with Crippen LogP contribution in [0.2, 0.25) is 0 Å². The monoisotopic (exact) mass is 954 g/mol. The number of rotatable bonds is 12. The van der Waals surface area contributed by atoms with E-state index in [1.54, 1.807) is 102 Å². The molecule has 356 valence electrons. The highest BCUT2D eigenvalue weighted by atomic mass is 35.5. The Balaban J connectivity index is 0.000000208. The van der Waals surface area contributed by atoms with E-state index in [2.05, 4.69) is 49.0 Å².